The van der Waals surface area contributed by atoms with Gasteiger partial charge in [0.15, 0.2) is 0 Å². The van der Waals surface area contributed by atoms with Crippen LogP contribution in [0.2, 0.25) is 0 Å². The Morgan fingerprint density at radius 3 is 2.31 bits per heavy atom. The van der Waals surface area contributed by atoms with Crippen LogP contribution in [0.5, 0.6) is 0 Å². The summed E-state index contributed by atoms with van der Waals surface area (Å²) in [6.07, 6.45) is 10.8. The van der Waals surface area contributed by atoms with Crippen LogP contribution in [0.25, 0.3) is 0 Å². The molecule has 0 spiro atoms. The molecule has 0 amide bonds. The van der Waals surface area contributed by atoms with Crippen molar-refractivity contribution in [1.29, 1.82) is 0 Å². The largest absolute Gasteiger partial charge is 0.481 e. The van der Waals surface area contributed by atoms with Crippen LogP contribution in [0, 0.1) is 56.7 Å². The predicted molar refractivity (Wildman–Crippen MR) is 142 cm³/mol. The van der Waals surface area contributed by atoms with E-state index in [0.29, 0.717) is 17.8 Å². The molecule has 0 radical (unpaired) electrons. The van der Waals surface area contributed by atoms with Crippen molar-refractivity contribution in [3.8, 4) is 0 Å². The molecule has 5 heteroatoms. The molecule has 10 atom stereocenters. The zero-order valence-electron chi connectivity index (χ0n) is 23.3. The fourth-order valence-electron chi connectivity index (χ4n) is 11.8. The van der Waals surface area contributed by atoms with E-state index in [-0.39, 0.29) is 40.1 Å². The molecule has 0 bridgehead atoms. The van der Waals surface area contributed by atoms with Gasteiger partial charge >= 0.3 is 5.97 Å². The van der Waals surface area contributed by atoms with Crippen molar-refractivity contribution in [2.75, 3.05) is 6.61 Å². The first-order chi connectivity index (χ1) is 16.9. The van der Waals surface area contributed by atoms with Gasteiger partial charge in [0.1, 0.15) is 0 Å². The number of carbonyl (C=O) groups is 1. The van der Waals surface area contributed by atoms with Gasteiger partial charge in [-0.1, -0.05) is 46.4 Å². The van der Waals surface area contributed by atoms with Crippen LogP contribution in [0.4, 0.5) is 0 Å². The summed E-state index contributed by atoms with van der Waals surface area (Å²) < 4.78 is 0. The number of aliphatic hydroxyl groups excluding tert-OH is 1. The Morgan fingerprint density at radius 2 is 1.69 bits per heavy atom. The smallest absolute Gasteiger partial charge is 0.309 e. The first kappa shape index (κ1) is 26.3. The van der Waals surface area contributed by atoms with Crippen LogP contribution in [-0.4, -0.2) is 33.7 Å². The normalized spacial score (nSPS) is 53.2. The van der Waals surface area contributed by atoms with Gasteiger partial charge in [0.05, 0.1) is 17.7 Å². The SMILES string of the molecule is C=C(CO)[C@@H]1CC[C@]2(C(=O)O)CC[C@]3(C)[C@H](CC[C@@H]4[C@@]5(C)CC/C(=N/O)C(C)(CC)[C@@H]5CC[C@]43C)[C@@H]12. The van der Waals surface area contributed by atoms with Crippen LogP contribution in [0.1, 0.15) is 105 Å². The molecule has 0 aromatic heterocycles. The number of carboxylic acid groups (broad SMARTS) is 1. The second-order valence-corrected chi connectivity index (χ2v) is 14.4. The lowest BCUT2D eigenvalue weighted by Gasteiger charge is -2.72. The summed E-state index contributed by atoms with van der Waals surface area (Å²) >= 11 is 0. The molecule has 36 heavy (non-hydrogen) atoms. The summed E-state index contributed by atoms with van der Waals surface area (Å²) in [5, 5.41) is 34.2. The molecule has 0 saturated heterocycles. The minimum Gasteiger partial charge on any atom is -0.481 e. The molecule has 5 saturated carbocycles. The highest BCUT2D eigenvalue weighted by atomic mass is 16.4. The van der Waals surface area contributed by atoms with Crippen molar-refractivity contribution in [2.24, 2.45) is 61.8 Å². The number of aliphatic carboxylic acids is 1. The highest BCUT2D eigenvalue weighted by Gasteiger charge is 2.72. The molecular formula is C31H49NO4. The quantitative estimate of drug-likeness (QED) is 0.222. The summed E-state index contributed by atoms with van der Waals surface area (Å²) in [5.74, 6) is 1.04. The molecule has 202 valence electrons. The molecule has 5 rings (SSSR count). The van der Waals surface area contributed by atoms with Crippen LogP contribution in [0.3, 0.4) is 0 Å². The molecule has 5 fully saturated rings. The standard InChI is InChI=1S/C31H49NO4/c1-7-27(3)22-11-14-30(6)23(28(22,4)13-12-24(27)32-36)9-8-21-25-20(19(2)18-33)10-15-31(25,26(34)35)17-16-29(21,30)5/h20-23,25,33,36H,2,7-18H2,1,3-6H3,(H,34,35)/b32-24-/t20-,21+,22-,23+,25+,27?,28-,29+,30+,31-/m0/s1. The number of fused-ring (bicyclic) bond motifs is 7. The number of oxime groups is 1. The third kappa shape index (κ3) is 2.98. The first-order valence-electron chi connectivity index (χ1n) is 14.6. The molecule has 5 nitrogen and oxygen atoms in total. The average molecular weight is 500 g/mol. The van der Waals surface area contributed by atoms with Gasteiger partial charge in [0.2, 0.25) is 0 Å². The van der Waals surface area contributed by atoms with E-state index in [1.54, 1.807) is 0 Å². The number of nitrogens with zero attached hydrogens (tertiary/aromatic N) is 1. The van der Waals surface area contributed by atoms with Crippen LogP contribution in [-0.2, 0) is 4.79 Å². The number of hydrogen-bond donors (Lipinski definition) is 3. The maximum atomic E-state index is 12.8. The van der Waals surface area contributed by atoms with Crippen molar-refractivity contribution in [2.45, 2.75) is 105 Å². The Kier molecular flexibility index (Phi) is 6.07. The van der Waals surface area contributed by atoms with Crippen LogP contribution < -0.4 is 0 Å². The average Bonchev–Trinajstić information content (AvgIpc) is 3.25. The zero-order chi connectivity index (χ0) is 26.3. The Bertz CT molecular complexity index is 976. The van der Waals surface area contributed by atoms with Gasteiger partial charge in [-0.15, -0.1) is 0 Å². The fourth-order valence-corrected chi connectivity index (χ4v) is 11.8. The molecule has 5 aliphatic carbocycles. The Balaban J connectivity index is 1.56. The second kappa shape index (κ2) is 8.32. The van der Waals surface area contributed by atoms with E-state index in [9.17, 15) is 20.2 Å². The number of rotatable bonds is 4. The highest BCUT2D eigenvalue weighted by Crippen LogP contribution is 2.77. The third-order valence-corrected chi connectivity index (χ3v) is 14.0. The lowest BCUT2D eigenvalue weighted by atomic mass is 9.32. The van der Waals surface area contributed by atoms with Gasteiger partial charge in [-0.05, 0) is 122 Å². The van der Waals surface area contributed by atoms with Gasteiger partial charge in [-0.2, -0.15) is 0 Å². The zero-order valence-corrected chi connectivity index (χ0v) is 23.3. The van der Waals surface area contributed by atoms with Gasteiger partial charge in [-0.3, -0.25) is 4.79 Å². The van der Waals surface area contributed by atoms with Crippen LogP contribution >= 0.6 is 0 Å². The summed E-state index contributed by atoms with van der Waals surface area (Å²) in [7, 11) is 0. The van der Waals surface area contributed by atoms with Gasteiger partial charge in [-0.25, -0.2) is 0 Å². The minimum atomic E-state index is -0.657. The number of hydrogen-bond acceptors (Lipinski definition) is 4. The van der Waals surface area contributed by atoms with E-state index in [1.165, 1.54) is 0 Å². The molecule has 5 aliphatic rings. The van der Waals surface area contributed by atoms with Crippen LogP contribution in [0.15, 0.2) is 17.3 Å². The predicted octanol–water partition coefficient (Wildman–Crippen LogP) is 6.92. The van der Waals surface area contributed by atoms with Gasteiger partial charge < -0.3 is 15.4 Å². The van der Waals surface area contributed by atoms with E-state index < -0.39 is 11.4 Å². The summed E-state index contributed by atoms with van der Waals surface area (Å²) in [6.45, 7) is 16.4. The van der Waals surface area contributed by atoms with Crippen molar-refractivity contribution in [1.82, 2.24) is 0 Å². The Morgan fingerprint density at radius 1 is 0.972 bits per heavy atom. The molecule has 3 N–H and O–H groups in total. The topological polar surface area (TPSA) is 90.1 Å². The van der Waals surface area contributed by atoms with Gasteiger partial charge in [0, 0.05) is 5.41 Å². The lowest BCUT2D eigenvalue weighted by molar-refractivity contribution is -0.231. The number of aliphatic hydroxyl groups is 1. The lowest BCUT2D eigenvalue weighted by Crippen LogP contribution is -2.67. The van der Waals surface area contributed by atoms with Crippen molar-refractivity contribution < 1.29 is 20.2 Å². The summed E-state index contributed by atoms with van der Waals surface area (Å²) in [5.41, 5.74) is 1.57. The van der Waals surface area contributed by atoms with E-state index in [4.69, 9.17) is 0 Å². The van der Waals surface area contributed by atoms with Crippen molar-refractivity contribution >= 4 is 11.7 Å². The molecule has 0 heterocycles. The Hall–Kier alpha value is -1.36. The van der Waals surface area contributed by atoms with E-state index >= 15 is 0 Å². The monoisotopic (exact) mass is 499 g/mol. The fraction of sp³-hybridized carbons (Fsp3) is 0.871. The maximum absolute atomic E-state index is 12.8. The third-order valence-electron chi connectivity index (χ3n) is 14.0. The van der Waals surface area contributed by atoms with Gasteiger partial charge in [0.25, 0.3) is 0 Å². The molecule has 0 aromatic carbocycles. The molecule has 1 unspecified atom stereocenters. The maximum Gasteiger partial charge on any atom is 0.309 e. The van der Waals surface area contributed by atoms with Crippen molar-refractivity contribution in [3.63, 3.8) is 0 Å². The van der Waals surface area contributed by atoms with E-state index in [0.717, 1.165) is 81.9 Å². The summed E-state index contributed by atoms with van der Waals surface area (Å²) in [4.78, 5) is 12.8. The molecular weight excluding hydrogens is 450 g/mol. The molecule has 0 aromatic rings. The number of carboxylic acids is 1. The second-order valence-electron chi connectivity index (χ2n) is 14.4. The van der Waals surface area contributed by atoms with E-state index in [1.807, 2.05) is 0 Å². The first-order valence-corrected chi connectivity index (χ1v) is 14.6. The Labute approximate surface area is 217 Å². The van der Waals surface area contributed by atoms with Crippen molar-refractivity contribution in [3.05, 3.63) is 12.2 Å². The minimum absolute atomic E-state index is 0.0374. The van der Waals surface area contributed by atoms with E-state index in [2.05, 4.69) is 46.4 Å². The molecule has 0 aliphatic heterocycles. The highest BCUT2D eigenvalue weighted by molar-refractivity contribution is 5.90. The summed E-state index contributed by atoms with van der Waals surface area (Å²) in [6, 6.07) is 0.